The number of aromatic nitrogens is 1. The van der Waals surface area contributed by atoms with E-state index in [1.54, 1.807) is 12.1 Å². The average molecular weight is 441 g/mol. The molecule has 33 heavy (non-hydrogen) atoms. The zero-order chi connectivity index (χ0) is 22.9. The van der Waals surface area contributed by atoms with Gasteiger partial charge in [-0.05, 0) is 22.8 Å². The van der Waals surface area contributed by atoms with Crippen LogP contribution in [0, 0.1) is 10.1 Å². The Balaban J connectivity index is 1.73. The van der Waals surface area contributed by atoms with Crippen LogP contribution in [-0.2, 0) is 22.5 Å². The van der Waals surface area contributed by atoms with Crippen LogP contribution in [0.5, 0.6) is 0 Å². The minimum absolute atomic E-state index is 0.0185. The maximum Gasteiger partial charge on any atom is 0.323 e. The van der Waals surface area contributed by atoms with Crippen molar-refractivity contribution in [3.05, 3.63) is 111 Å². The molecule has 1 aliphatic rings. The van der Waals surface area contributed by atoms with Crippen LogP contribution in [0.1, 0.15) is 28.4 Å². The fourth-order valence-corrected chi connectivity index (χ4v) is 4.85. The summed E-state index contributed by atoms with van der Waals surface area (Å²) in [4.78, 5) is 29.8. The second-order valence-electron chi connectivity index (χ2n) is 8.22. The number of esters is 1. The van der Waals surface area contributed by atoms with Crippen LogP contribution in [0.25, 0.3) is 10.9 Å². The minimum atomic E-state index is -0.536. The summed E-state index contributed by atoms with van der Waals surface area (Å²) in [5.41, 5.74) is 4.78. The number of nitro groups is 1. The third kappa shape index (κ3) is 3.76. The number of para-hydroxylation sites is 1. The smallest absolute Gasteiger partial charge is 0.323 e. The summed E-state index contributed by atoms with van der Waals surface area (Å²) in [7, 11) is 1.40. The van der Waals surface area contributed by atoms with Crippen LogP contribution in [0.15, 0.2) is 78.9 Å². The molecule has 7 nitrogen and oxygen atoms in total. The molecule has 2 heterocycles. The molecule has 0 aliphatic carbocycles. The molecule has 0 saturated heterocycles. The van der Waals surface area contributed by atoms with E-state index in [1.807, 2.05) is 60.7 Å². The van der Waals surface area contributed by atoms with Gasteiger partial charge in [0, 0.05) is 41.7 Å². The van der Waals surface area contributed by atoms with Crippen molar-refractivity contribution in [3.63, 3.8) is 0 Å². The standard InChI is InChI=1S/C26H23N3O4/c1-33-26(30)23-15-21-20-12-5-6-13-22(20)27-24(21)25(18-10-7-11-19(14-18)29(31)32)28(23)16-17-8-3-2-4-9-17/h2-14,23,25,27H,15-16H2,1H3/t23-,25+/m0/s1. The van der Waals surface area contributed by atoms with Crippen LogP contribution >= 0.6 is 0 Å². The van der Waals surface area contributed by atoms with Crippen molar-refractivity contribution in [1.82, 2.24) is 9.88 Å². The fraction of sp³-hybridized carbons (Fsp3) is 0.192. The highest BCUT2D eigenvalue weighted by Crippen LogP contribution is 2.42. The van der Waals surface area contributed by atoms with Gasteiger partial charge in [-0.15, -0.1) is 0 Å². The van der Waals surface area contributed by atoms with Crippen molar-refractivity contribution >= 4 is 22.6 Å². The number of rotatable bonds is 5. The normalized spacial score (nSPS) is 18.1. The molecule has 1 N–H and O–H groups in total. The highest BCUT2D eigenvalue weighted by atomic mass is 16.6. The van der Waals surface area contributed by atoms with Gasteiger partial charge in [-0.25, -0.2) is 0 Å². The van der Waals surface area contributed by atoms with Gasteiger partial charge in [-0.1, -0.05) is 60.7 Å². The molecule has 2 atom stereocenters. The first kappa shape index (κ1) is 20.9. The van der Waals surface area contributed by atoms with Gasteiger partial charge in [0.2, 0.25) is 0 Å². The number of nitro benzene ring substituents is 1. The minimum Gasteiger partial charge on any atom is -0.468 e. The van der Waals surface area contributed by atoms with Gasteiger partial charge in [0.25, 0.3) is 5.69 Å². The summed E-state index contributed by atoms with van der Waals surface area (Å²) in [6.45, 7) is 0.489. The number of methoxy groups -OCH3 is 1. The molecule has 3 aromatic carbocycles. The van der Waals surface area contributed by atoms with E-state index >= 15 is 0 Å². The van der Waals surface area contributed by atoms with Crippen LogP contribution in [-0.4, -0.2) is 33.9 Å². The lowest BCUT2D eigenvalue weighted by Gasteiger charge is -2.41. The number of nitrogens with zero attached hydrogens (tertiary/aromatic N) is 2. The van der Waals surface area contributed by atoms with Crippen LogP contribution in [0.3, 0.4) is 0 Å². The number of fused-ring (bicyclic) bond motifs is 3. The van der Waals surface area contributed by atoms with Crippen molar-refractivity contribution < 1.29 is 14.5 Å². The van der Waals surface area contributed by atoms with E-state index in [1.165, 1.54) is 13.2 Å². The molecule has 0 bridgehead atoms. The summed E-state index contributed by atoms with van der Waals surface area (Å²) in [5, 5.41) is 12.6. The average Bonchev–Trinajstić information content (AvgIpc) is 3.22. The Bertz CT molecular complexity index is 1330. The number of ether oxygens (including phenoxy) is 1. The van der Waals surface area contributed by atoms with Crippen LogP contribution in [0.2, 0.25) is 0 Å². The predicted molar refractivity (Wildman–Crippen MR) is 125 cm³/mol. The van der Waals surface area contributed by atoms with Crippen molar-refractivity contribution in [3.8, 4) is 0 Å². The molecular weight excluding hydrogens is 418 g/mol. The Kier molecular flexibility index (Phi) is 5.40. The third-order valence-electron chi connectivity index (χ3n) is 6.33. The first-order chi connectivity index (χ1) is 16.1. The summed E-state index contributed by atoms with van der Waals surface area (Å²) in [6.07, 6.45) is 0.490. The Labute approximate surface area is 190 Å². The van der Waals surface area contributed by atoms with E-state index in [0.29, 0.717) is 13.0 Å². The number of aromatic amines is 1. The molecule has 0 radical (unpaired) electrons. The Morgan fingerprint density at radius 2 is 1.85 bits per heavy atom. The molecular formula is C26H23N3O4. The van der Waals surface area contributed by atoms with E-state index in [2.05, 4.69) is 9.88 Å². The Morgan fingerprint density at radius 3 is 2.61 bits per heavy atom. The summed E-state index contributed by atoms with van der Waals surface area (Å²) < 4.78 is 5.21. The SMILES string of the molecule is COC(=O)[C@@H]1Cc2c([nH]c3ccccc23)[C@@H](c2cccc([N+](=O)[O-])c2)N1Cc1ccccc1. The highest BCUT2D eigenvalue weighted by molar-refractivity contribution is 5.87. The van der Waals surface area contributed by atoms with Gasteiger partial charge < -0.3 is 9.72 Å². The highest BCUT2D eigenvalue weighted by Gasteiger charge is 2.41. The lowest BCUT2D eigenvalue weighted by Crippen LogP contribution is -2.48. The molecule has 0 spiro atoms. The molecule has 1 aromatic heterocycles. The summed E-state index contributed by atoms with van der Waals surface area (Å²) >= 11 is 0. The zero-order valence-corrected chi connectivity index (χ0v) is 18.1. The lowest BCUT2D eigenvalue weighted by atomic mass is 9.87. The first-order valence-electron chi connectivity index (χ1n) is 10.8. The first-order valence-corrected chi connectivity index (χ1v) is 10.8. The van der Waals surface area contributed by atoms with E-state index in [-0.39, 0.29) is 17.7 Å². The predicted octanol–water partition coefficient (Wildman–Crippen LogP) is 4.77. The molecule has 0 fully saturated rings. The number of hydrogen-bond donors (Lipinski definition) is 1. The maximum atomic E-state index is 13.0. The monoisotopic (exact) mass is 441 g/mol. The topological polar surface area (TPSA) is 88.5 Å². The second kappa shape index (κ2) is 8.52. The van der Waals surface area contributed by atoms with E-state index in [0.717, 1.165) is 33.3 Å². The van der Waals surface area contributed by atoms with E-state index in [4.69, 9.17) is 4.74 Å². The molecule has 0 amide bonds. The van der Waals surface area contributed by atoms with Gasteiger partial charge >= 0.3 is 5.97 Å². The largest absolute Gasteiger partial charge is 0.468 e. The molecule has 4 aromatic rings. The number of H-pyrrole nitrogens is 1. The van der Waals surface area contributed by atoms with Crippen LogP contribution in [0.4, 0.5) is 5.69 Å². The number of nitrogens with one attached hydrogen (secondary N) is 1. The van der Waals surface area contributed by atoms with Crippen molar-refractivity contribution in [2.75, 3.05) is 7.11 Å². The molecule has 7 heteroatoms. The third-order valence-corrected chi connectivity index (χ3v) is 6.33. The Morgan fingerprint density at radius 1 is 1.09 bits per heavy atom. The molecule has 166 valence electrons. The van der Waals surface area contributed by atoms with Crippen LogP contribution < -0.4 is 0 Å². The molecule has 1 aliphatic heterocycles. The van der Waals surface area contributed by atoms with E-state index in [9.17, 15) is 14.9 Å². The number of carbonyl (C=O) groups excluding carboxylic acids is 1. The summed E-state index contributed by atoms with van der Waals surface area (Å²) in [6, 6.07) is 23.6. The van der Waals surface area contributed by atoms with Crippen molar-refractivity contribution in [2.24, 2.45) is 0 Å². The number of benzene rings is 3. The van der Waals surface area contributed by atoms with Gasteiger partial charge in [0.1, 0.15) is 6.04 Å². The maximum absolute atomic E-state index is 13.0. The lowest BCUT2D eigenvalue weighted by molar-refractivity contribution is -0.384. The summed E-state index contributed by atoms with van der Waals surface area (Å²) in [5.74, 6) is -0.322. The zero-order valence-electron chi connectivity index (χ0n) is 18.1. The number of carbonyl (C=O) groups is 1. The molecule has 0 unspecified atom stereocenters. The number of non-ortho nitro benzene ring substituents is 1. The molecule has 5 rings (SSSR count). The second-order valence-corrected chi connectivity index (χ2v) is 8.22. The van der Waals surface area contributed by atoms with Crippen molar-refractivity contribution in [2.45, 2.75) is 25.0 Å². The van der Waals surface area contributed by atoms with Gasteiger partial charge in [-0.2, -0.15) is 0 Å². The Hall–Kier alpha value is -3.97. The van der Waals surface area contributed by atoms with E-state index < -0.39 is 11.0 Å². The van der Waals surface area contributed by atoms with Crippen molar-refractivity contribution in [1.29, 1.82) is 0 Å². The number of hydrogen-bond acceptors (Lipinski definition) is 5. The fourth-order valence-electron chi connectivity index (χ4n) is 4.85. The van der Waals surface area contributed by atoms with Gasteiger partial charge in [0.15, 0.2) is 0 Å². The van der Waals surface area contributed by atoms with Gasteiger partial charge in [0.05, 0.1) is 18.1 Å². The van der Waals surface area contributed by atoms with Gasteiger partial charge in [-0.3, -0.25) is 19.8 Å². The quantitative estimate of drug-likeness (QED) is 0.274. The molecule has 0 saturated carbocycles.